The van der Waals surface area contributed by atoms with Crippen molar-refractivity contribution in [1.82, 2.24) is 10.2 Å². The van der Waals surface area contributed by atoms with Gasteiger partial charge >= 0.3 is 0 Å². The highest BCUT2D eigenvalue weighted by atomic mass is 35.5. The second kappa shape index (κ2) is 7.36. The summed E-state index contributed by atoms with van der Waals surface area (Å²) >= 11 is 6.31. The summed E-state index contributed by atoms with van der Waals surface area (Å²) in [5.41, 5.74) is 2.03. The Hall–Kier alpha value is -1.26. The monoisotopic (exact) mass is 283 g/mol. The minimum atomic E-state index is 0.0669. The zero-order valence-corrected chi connectivity index (χ0v) is 12.8. The molecule has 0 saturated carbocycles. The Bertz CT molecular complexity index is 435. The summed E-state index contributed by atoms with van der Waals surface area (Å²) < 4.78 is 0. The Morgan fingerprint density at radius 2 is 2.05 bits per heavy atom. The fourth-order valence-corrected chi connectivity index (χ4v) is 2.12. The van der Waals surface area contributed by atoms with Crippen LogP contribution in [0.25, 0.3) is 0 Å². The highest BCUT2D eigenvalue weighted by Crippen LogP contribution is 2.26. The number of anilines is 1. The molecule has 0 atom stereocenters. The number of halogens is 1. The third-order valence-corrected chi connectivity index (χ3v) is 3.24. The van der Waals surface area contributed by atoms with E-state index in [1.807, 2.05) is 37.1 Å². The van der Waals surface area contributed by atoms with Gasteiger partial charge in [0.25, 0.3) is 0 Å². The van der Waals surface area contributed by atoms with Gasteiger partial charge in [0.15, 0.2) is 0 Å². The van der Waals surface area contributed by atoms with Crippen molar-refractivity contribution in [1.29, 1.82) is 0 Å². The molecule has 4 nitrogen and oxygen atoms in total. The van der Waals surface area contributed by atoms with Gasteiger partial charge in [-0.3, -0.25) is 4.79 Å². The van der Waals surface area contributed by atoms with Crippen LogP contribution in [-0.4, -0.2) is 45.0 Å². The van der Waals surface area contributed by atoms with Gasteiger partial charge in [-0.2, -0.15) is 0 Å². The smallest absolute Gasteiger partial charge is 0.241 e. The minimum Gasteiger partial charge on any atom is -0.361 e. The molecule has 19 heavy (non-hydrogen) atoms. The Balaban J connectivity index is 2.89. The fraction of sp³-hybridized carbons (Fsp3) is 0.500. The molecule has 0 radical (unpaired) electrons. The lowest BCUT2D eigenvalue weighted by Crippen LogP contribution is -2.36. The molecule has 5 heteroatoms. The maximum atomic E-state index is 11.8. The summed E-state index contributed by atoms with van der Waals surface area (Å²) in [5.74, 6) is 0.0669. The summed E-state index contributed by atoms with van der Waals surface area (Å²) in [6.07, 6.45) is 0. The van der Waals surface area contributed by atoms with Crippen LogP contribution in [-0.2, 0) is 11.3 Å². The zero-order chi connectivity index (χ0) is 14.4. The van der Waals surface area contributed by atoms with E-state index in [4.69, 9.17) is 11.6 Å². The molecule has 0 heterocycles. The van der Waals surface area contributed by atoms with Crippen molar-refractivity contribution in [2.75, 3.05) is 39.1 Å². The van der Waals surface area contributed by atoms with Crippen LogP contribution in [0.3, 0.4) is 0 Å². The number of rotatable bonds is 6. The molecule has 0 aromatic heterocycles. The van der Waals surface area contributed by atoms with Crippen LogP contribution in [0, 0.1) is 0 Å². The minimum absolute atomic E-state index is 0.0669. The molecule has 0 unspecified atom stereocenters. The van der Waals surface area contributed by atoms with Crippen molar-refractivity contribution in [2.45, 2.75) is 13.5 Å². The van der Waals surface area contributed by atoms with Gasteiger partial charge in [-0.1, -0.05) is 17.7 Å². The van der Waals surface area contributed by atoms with Crippen molar-refractivity contribution < 1.29 is 4.79 Å². The summed E-state index contributed by atoms with van der Waals surface area (Å²) in [6.45, 7) is 3.88. The van der Waals surface area contributed by atoms with Crippen molar-refractivity contribution in [2.24, 2.45) is 0 Å². The average molecular weight is 284 g/mol. The fourth-order valence-electron chi connectivity index (χ4n) is 1.79. The molecule has 0 aliphatic carbocycles. The van der Waals surface area contributed by atoms with Crippen LogP contribution in [0.1, 0.15) is 12.5 Å². The molecular weight excluding hydrogens is 262 g/mol. The summed E-state index contributed by atoms with van der Waals surface area (Å²) in [4.78, 5) is 15.4. The van der Waals surface area contributed by atoms with Crippen molar-refractivity contribution >= 4 is 23.2 Å². The quantitative estimate of drug-likeness (QED) is 0.867. The SMILES string of the molecule is CCN(CC(=O)N(C)C)c1ccc(CNC)cc1Cl. The van der Waals surface area contributed by atoms with E-state index >= 15 is 0 Å². The van der Waals surface area contributed by atoms with Crippen LogP contribution in [0.15, 0.2) is 18.2 Å². The Labute approximate surface area is 120 Å². The molecule has 0 aliphatic heterocycles. The largest absolute Gasteiger partial charge is 0.361 e. The van der Waals surface area contributed by atoms with Gasteiger partial charge in [0.2, 0.25) is 5.91 Å². The molecule has 0 aliphatic rings. The Morgan fingerprint density at radius 3 is 2.53 bits per heavy atom. The van der Waals surface area contributed by atoms with E-state index in [-0.39, 0.29) is 5.91 Å². The highest BCUT2D eigenvalue weighted by Gasteiger charge is 2.14. The first kappa shape index (κ1) is 15.8. The highest BCUT2D eigenvalue weighted by molar-refractivity contribution is 6.33. The molecular formula is C14H22ClN3O. The first-order valence-electron chi connectivity index (χ1n) is 6.37. The third-order valence-electron chi connectivity index (χ3n) is 2.94. The van der Waals surface area contributed by atoms with E-state index in [0.29, 0.717) is 11.6 Å². The van der Waals surface area contributed by atoms with E-state index in [0.717, 1.165) is 24.3 Å². The molecule has 1 rings (SSSR count). The van der Waals surface area contributed by atoms with Gasteiger partial charge in [0.1, 0.15) is 0 Å². The van der Waals surface area contributed by atoms with E-state index in [2.05, 4.69) is 5.32 Å². The van der Waals surface area contributed by atoms with Crippen LogP contribution >= 0.6 is 11.6 Å². The molecule has 1 aromatic rings. The van der Waals surface area contributed by atoms with E-state index in [9.17, 15) is 4.79 Å². The number of nitrogens with one attached hydrogen (secondary N) is 1. The third kappa shape index (κ3) is 4.40. The molecule has 1 amide bonds. The summed E-state index contributed by atoms with van der Waals surface area (Å²) in [7, 11) is 5.41. The molecule has 0 bridgehead atoms. The van der Waals surface area contributed by atoms with Gasteiger partial charge < -0.3 is 15.1 Å². The number of benzene rings is 1. The molecule has 106 valence electrons. The lowest BCUT2D eigenvalue weighted by molar-refractivity contribution is -0.127. The van der Waals surface area contributed by atoms with Crippen molar-refractivity contribution in [3.05, 3.63) is 28.8 Å². The number of hydrogen-bond donors (Lipinski definition) is 1. The average Bonchev–Trinajstić information content (AvgIpc) is 2.36. The topological polar surface area (TPSA) is 35.6 Å². The van der Waals surface area contributed by atoms with E-state index in [1.54, 1.807) is 19.0 Å². The van der Waals surface area contributed by atoms with Gasteiger partial charge in [-0.25, -0.2) is 0 Å². The van der Waals surface area contributed by atoms with E-state index < -0.39 is 0 Å². The second-order valence-electron chi connectivity index (χ2n) is 4.62. The van der Waals surface area contributed by atoms with Gasteiger partial charge in [0, 0.05) is 27.2 Å². The van der Waals surface area contributed by atoms with E-state index in [1.165, 1.54) is 0 Å². The lowest BCUT2D eigenvalue weighted by atomic mass is 10.2. The molecule has 0 spiro atoms. The number of carbonyl (C=O) groups excluding carboxylic acids is 1. The predicted octanol–water partition coefficient (Wildman–Crippen LogP) is 1.97. The van der Waals surface area contributed by atoms with Crippen molar-refractivity contribution in [3.63, 3.8) is 0 Å². The molecule has 1 N–H and O–H groups in total. The zero-order valence-electron chi connectivity index (χ0n) is 12.0. The molecule has 0 fully saturated rings. The Kier molecular flexibility index (Phi) is 6.12. The van der Waals surface area contributed by atoms with Crippen LogP contribution < -0.4 is 10.2 Å². The maximum absolute atomic E-state index is 11.8. The normalized spacial score (nSPS) is 10.4. The summed E-state index contributed by atoms with van der Waals surface area (Å²) in [5, 5.41) is 3.77. The van der Waals surface area contributed by atoms with Crippen molar-refractivity contribution in [3.8, 4) is 0 Å². The van der Waals surface area contributed by atoms with Crippen LogP contribution in [0.5, 0.6) is 0 Å². The first-order chi connectivity index (χ1) is 8.99. The number of carbonyl (C=O) groups is 1. The first-order valence-corrected chi connectivity index (χ1v) is 6.75. The second-order valence-corrected chi connectivity index (χ2v) is 5.03. The summed E-state index contributed by atoms with van der Waals surface area (Å²) in [6, 6.07) is 5.94. The number of nitrogens with zero attached hydrogens (tertiary/aromatic N) is 2. The van der Waals surface area contributed by atoms with Crippen LogP contribution in [0.4, 0.5) is 5.69 Å². The number of amides is 1. The maximum Gasteiger partial charge on any atom is 0.241 e. The van der Waals surface area contributed by atoms with Gasteiger partial charge in [-0.05, 0) is 31.7 Å². The lowest BCUT2D eigenvalue weighted by Gasteiger charge is -2.25. The molecule has 1 aromatic carbocycles. The number of hydrogen-bond acceptors (Lipinski definition) is 3. The predicted molar refractivity (Wildman–Crippen MR) is 80.8 cm³/mol. The van der Waals surface area contributed by atoms with Gasteiger partial charge in [0.05, 0.1) is 17.3 Å². The van der Waals surface area contributed by atoms with Gasteiger partial charge in [-0.15, -0.1) is 0 Å². The molecule has 0 saturated heterocycles. The Morgan fingerprint density at radius 1 is 1.37 bits per heavy atom. The standard InChI is InChI=1S/C14H22ClN3O/c1-5-18(10-14(19)17(3)4)13-7-6-11(9-16-2)8-12(13)15/h6-8,16H,5,9-10H2,1-4H3. The number of likely N-dealkylation sites (N-methyl/N-ethyl adjacent to an activating group) is 2. The van der Waals surface area contributed by atoms with Crippen LogP contribution in [0.2, 0.25) is 5.02 Å².